The highest BCUT2D eigenvalue weighted by molar-refractivity contribution is 6.30. The summed E-state index contributed by atoms with van der Waals surface area (Å²) in [5, 5.41) is 4.66. The molecule has 114 valence electrons. The monoisotopic (exact) mass is 321 g/mol. The second-order valence-electron chi connectivity index (χ2n) is 5.13. The summed E-state index contributed by atoms with van der Waals surface area (Å²) in [6, 6.07) is 26.0. The number of oxime groups is 1. The molecule has 0 aliphatic rings. The quantitative estimate of drug-likeness (QED) is 0.445. The molecule has 3 aromatic rings. The molecule has 0 saturated carbocycles. The first-order valence-electron chi connectivity index (χ1n) is 7.36. The summed E-state index contributed by atoms with van der Waals surface area (Å²) in [4.78, 5) is 5.34. The highest BCUT2D eigenvalue weighted by Gasteiger charge is 1.98. The van der Waals surface area contributed by atoms with Gasteiger partial charge in [0.15, 0.2) is 0 Å². The van der Waals surface area contributed by atoms with Crippen LogP contribution < -0.4 is 0 Å². The van der Waals surface area contributed by atoms with Gasteiger partial charge in [0.2, 0.25) is 0 Å². The lowest BCUT2D eigenvalue weighted by Gasteiger charge is -2.04. The van der Waals surface area contributed by atoms with Gasteiger partial charge in [-0.1, -0.05) is 83.5 Å². The van der Waals surface area contributed by atoms with Gasteiger partial charge in [-0.15, -0.1) is 0 Å². The maximum atomic E-state index is 5.92. The van der Waals surface area contributed by atoms with Gasteiger partial charge in [-0.05, 0) is 34.4 Å². The Bertz CT molecular complexity index is 782. The fourth-order valence-corrected chi connectivity index (χ4v) is 2.42. The molecule has 0 N–H and O–H groups in total. The molecule has 0 radical (unpaired) electrons. The SMILES string of the molecule is Clc1cccc(C=NOCc2ccc(-c3ccccc3)cc2)c1. The first-order valence-corrected chi connectivity index (χ1v) is 7.74. The Morgan fingerprint density at radius 1 is 0.826 bits per heavy atom. The zero-order chi connectivity index (χ0) is 15.9. The summed E-state index contributed by atoms with van der Waals surface area (Å²) >= 11 is 5.92. The highest BCUT2D eigenvalue weighted by Crippen LogP contribution is 2.19. The molecule has 0 spiro atoms. The zero-order valence-electron chi connectivity index (χ0n) is 12.5. The molecule has 0 amide bonds. The van der Waals surface area contributed by atoms with E-state index in [-0.39, 0.29) is 0 Å². The van der Waals surface area contributed by atoms with Crippen LogP contribution in [0.4, 0.5) is 0 Å². The van der Waals surface area contributed by atoms with Crippen LogP contribution in [0.3, 0.4) is 0 Å². The summed E-state index contributed by atoms with van der Waals surface area (Å²) in [5.74, 6) is 0. The van der Waals surface area contributed by atoms with Crippen molar-refractivity contribution in [3.63, 3.8) is 0 Å². The van der Waals surface area contributed by atoms with Gasteiger partial charge >= 0.3 is 0 Å². The largest absolute Gasteiger partial charge is 0.391 e. The summed E-state index contributed by atoms with van der Waals surface area (Å²) in [7, 11) is 0. The molecule has 0 saturated heterocycles. The van der Waals surface area contributed by atoms with Gasteiger partial charge in [0.05, 0.1) is 6.21 Å². The number of hydrogen-bond acceptors (Lipinski definition) is 2. The molecule has 0 unspecified atom stereocenters. The summed E-state index contributed by atoms with van der Waals surface area (Å²) < 4.78 is 0. The Kier molecular flexibility index (Phi) is 5.07. The summed E-state index contributed by atoms with van der Waals surface area (Å²) in [6.45, 7) is 0.437. The van der Waals surface area contributed by atoms with Gasteiger partial charge in [-0.2, -0.15) is 0 Å². The minimum Gasteiger partial charge on any atom is -0.391 e. The van der Waals surface area contributed by atoms with Gasteiger partial charge in [0.1, 0.15) is 6.61 Å². The normalized spacial score (nSPS) is 10.8. The molecule has 23 heavy (non-hydrogen) atoms. The van der Waals surface area contributed by atoms with E-state index in [1.54, 1.807) is 6.21 Å². The molecule has 3 heteroatoms. The average molecular weight is 322 g/mol. The number of halogens is 1. The topological polar surface area (TPSA) is 21.6 Å². The standard InChI is InChI=1S/C20H16ClNO/c21-20-8-4-5-17(13-20)14-22-23-15-16-9-11-19(12-10-16)18-6-2-1-3-7-18/h1-14H,15H2. The summed E-state index contributed by atoms with van der Waals surface area (Å²) in [6.07, 6.45) is 1.66. The molecule has 0 fully saturated rings. The van der Waals surface area contributed by atoms with Crippen LogP contribution in [0.1, 0.15) is 11.1 Å². The van der Waals surface area contributed by atoms with Crippen LogP contribution in [-0.4, -0.2) is 6.21 Å². The zero-order valence-corrected chi connectivity index (χ0v) is 13.3. The van der Waals surface area contributed by atoms with Crippen molar-refractivity contribution in [3.8, 4) is 11.1 Å². The van der Waals surface area contributed by atoms with Crippen molar-refractivity contribution in [1.29, 1.82) is 0 Å². The Hall–Kier alpha value is -2.58. The Labute approximate surface area is 141 Å². The van der Waals surface area contributed by atoms with E-state index in [9.17, 15) is 0 Å². The van der Waals surface area contributed by atoms with Crippen LogP contribution in [-0.2, 0) is 11.4 Å². The summed E-state index contributed by atoms with van der Waals surface area (Å²) in [5.41, 5.74) is 4.39. The fraction of sp³-hybridized carbons (Fsp3) is 0.0500. The van der Waals surface area contributed by atoms with Crippen molar-refractivity contribution >= 4 is 17.8 Å². The fourth-order valence-electron chi connectivity index (χ4n) is 2.22. The first kappa shape index (κ1) is 15.3. The molecule has 3 aromatic carbocycles. The number of rotatable bonds is 5. The molecule has 2 nitrogen and oxygen atoms in total. The van der Waals surface area contributed by atoms with Crippen molar-refractivity contribution in [2.24, 2.45) is 5.16 Å². The van der Waals surface area contributed by atoms with Crippen LogP contribution >= 0.6 is 11.6 Å². The second-order valence-corrected chi connectivity index (χ2v) is 5.56. The molecule has 0 atom stereocenters. The van der Waals surface area contributed by atoms with Crippen molar-refractivity contribution in [3.05, 3.63) is 95.0 Å². The third-order valence-electron chi connectivity index (χ3n) is 3.42. The minimum atomic E-state index is 0.437. The van der Waals surface area contributed by atoms with Crippen LogP contribution in [0.5, 0.6) is 0 Å². The minimum absolute atomic E-state index is 0.437. The van der Waals surface area contributed by atoms with E-state index >= 15 is 0 Å². The number of benzene rings is 3. The van der Waals surface area contributed by atoms with E-state index in [0.717, 1.165) is 11.1 Å². The Morgan fingerprint density at radius 3 is 2.30 bits per heavy atom. The average Bonchev–Trinajstić information content (AvgIpc) is 2.60. The van der Waals surface area contributed by atoms with Crippen molar-refractivity contribution < 1.29 is 4.84 Å². The van der Waals surface area contributed by atoms with Crippen LogP contribution in [0.2, 0.25) is 5.02 Å². The van der Waals surface area contributed by atoms with Gasteiger partial charge < -0.3 is 4.84 Å². The van der Waals surface area contributed by atoms with Gasteiger partial charge in [0, 0.05) is 5.02 Å². The molecule has 3 rings (SSSR count). The molecule has 0 aliphatic heterocycles. The van der Waals surface area contributed by atoms with E-state index in [4.69, 9.17) is 16.4 Å². The van der Waals surface area contributed by atoms with Crippen molar-refractivity contribution in [2.45, 2.75) is 6.61 Å². The lowest BCUT2D eigenvalue weighted by Crippen LogP contribution is -1.88. The lowest BCUT2D eigenvalue weighted by atomic mass is 10.0. The van der Waals surface area contributed by atoms with Crippen LogP contribution in [0, 0.1) is 0 Å². The van der Waals surface area contributed by atoms with Crippen LogP contribution in [0.15, 0.2) is 84.0 Å². The molecular weight excluding hydrogens is 306 g/mol. The Morgan fingerprint density at radius 2 is 1.57 bits per heavy atom. The van der Waals surface area contributed by atoms with Gasteiger partial charge in [0.25, 0.3) is 0 Å². The van der Waals surface area contributed by atoms with Crippen molar-refractivity contribution in [1.82, 2.24) is 0 Å². The molecule has 0 aromatic heterocycles. The Balaban J connectivity index is 1.57. The second kappa shape index (κ2) is 7.61. The van der Waals surface area contributed by atoms with E-state index in [2.05, 4.69) is 41.6 Å². The number of nitrogens with zero attached hydrogens (tertiary/aromatic N) is 1. The van der Waals surface area contributed by atoms with Gasteiger partial charge in [-0.3, -0.25) is 0 Å². The van der Waals surface area contributed by atoms with E-state index in [0.29, 0.717) is 11.6 Å². The lowest BCUT2D eigenvalue weighted by molar-refractivity contribution is 0.132. The third-order valence-corrected chi connectivity index (χ3v) is 3.65. The third kappa shape index (κ3) is 4.44. The predicted molar refractivity (Wildman–Crippen MR) is 95.7 cm³/mol. The van der Waals surface area contributed by atoms with E-state index in [1.807, 2.05) is 42.5 Å². The molecular formula is C20H16ClNO. The maximum absolute atomic E-state index is 5.92. The van der Waals surface area contributed by atoms with E-state index in [1.165, 1.54) is 11.1 Å². The van der Waals surface area contributed by atoms with Gasteiger partial charge in [-0.25, -0.2) is 0 Å². The molecule has 0 aliphatic carbocycles. The first-order chi connectivity index (χ1) is 11.3. The molecule has 0 bridgehead atoms. The number of hydrogen-bond donors (Lipinski definition) is 0. The highest BCUT2D eigenvalue weighted by atomic mass is 35.5. The van der Waals surface area contributed by atoms with Crippen LogP contribution in [0.25, 0.3) is 11.1 Å². The van der Waals surface area contributed by atoms with E-state index < -0.39 is 0 Å². The molecule has 0 heterocycles. The predicted octanol–water partition coefficient (Wildman–Crippen LogP) is 5.56. The maximum Gasteiger partial charge on any atom is 0.142 e. The van der Waals surface area contributed by atoms with Crippen molar-refractivity contribution in [2.75, 3.05) is 0 Å². The smallest absolute Gasteiger partial charge is 0.142 e.